The molecule has 0 saturated carbocycles. The average molecular weight is 618 g/mol. The quantitative estimate of drug-likeness (QED) is 0.292. The molecule has 1 aliphatic rings. The van der Waals surface area contributed by atoms with Crippen molar-refractivity contribution in [2.75, 3.05) is 43.5 Å². The topological polar surface area (TPSA) is 123 Å². The largest absolute Gasteiger partial charge is 0.494 e. The highest BCUT2D eigenvalue weighted by Crippen LogP contribution is 2.34. The molecule has 43 heavy (non-hydrogen) atoms. The van der Waals surface area contributed by atoms with Gasteiger partial charge in [0.15, 0.2) is 0 Å². The summed E-state index contributed by atoms with van der Waals surface area (Å²) in [6.07, 6.45) is -0.290. The SMILES string of the molecule is COc1cc(N2CCN(C(=O)C(F)(F)F)CC2)ccc1Nc1ncc(-c2ccc(Cl)c(O[C@@H](C)Cn3cnnn3)c2)cn1. The van der Waals surface area contributed by atoms with Gasteiger partial charge < -0.3 is 24.6 Å². The maximum atomic E-state index is 12.8. The summed E-state index contributed by atoms with van der Waals surface area (Å²) in [6, 6.07) is 10.8. The Labute approximate surface area is 249 Å². The number of carbonyl (C=O) groups is 1. The Hall–Kier alpha value is -4.66. The van der Waals surface area contributed by atoms with Gasteiger partial charge in [-0.1, -0.05) is 17.7 Å². The van der Waals surface area contributed by atoms with Gasteiger partial charge in [-0.15, -0.1) is 5.10 Å². The minimum atomic E-state index is -4.87. The van der Waals surface area contributed by atoms with Crippen molar-refractivity contribution in [3.63, 3.8) is 0 Å². The highest BCUT2D eigenvalue weighted by molar-refractivity contribution is 6.32. The van der Waals surface area contributed by atoms with Crippen molar-refractivity contribution in [3.8, 4) is 22.6 Å². The average Bonchev–Trinajstić information content (AvgIpc) is 3.51. The Morgan fingerprint density at radius 1 is 1.05 bits per heavy atom. The summed E-state index contributed by atoms with van der Waals surface area (Å²) in [4.78, 5) is 23.1. The molecule has 2 aromatic carbocycles. The Bertz CT molecular complexity index is 1550. The van der Waals surface area contributed by atoms with E-state index in [0.717, 1.165) is 21.7 Å². The number of rotatable bonds is 9. The standard InChI is InChI=1S/C27H27ClF3N9O3/c1-17(15-40-16-34-36-37-40)43-23-11-18(3-5-21(23)28)19-13-32-26(33-14-19)35-22-6-4-20(12-24(22)42-2)38-7-9-39(10-8-38)25(41)27(29,30)31/h3-6,11-14,16-17H,7-10,15H2,1-2H3,(H,32,33,35)/t17-/m0/s1. The van der Waals surface area contributed by atoms with Crippen molar-refractivity contribution in [2.24, 2.45) is 0 Å². The van der Waals surface area contributed by atoms with Crippen LogP contribution in [-0.2, 0) is 11.3 Å². The van der Waals surface area contributed by atoms with Crippen molar-refractivity contribution in [1.29, 1.82) is 0 Å². The van der Waals surface area contributed by atoms with E-state index in [4.69, 9.17) is 21.1 Å². The molecule has 1 amide bonds. The summed E-state index contributed by atoms with van der Waals surface area (Å²) in [6.45, 7) is 2.80. The molecule has 3 heterocycles. The fourth-order valence-corrected chi connectivity index (χ4v) is 4.71. The van der Waals surface area contributed by atoms with Crippen LogP contribution in [0.25, 0.3) is 11.1 Å². The van der Waals surface area contributed by atoms with Crippen molar-refractivity contribution in [2.45, 2.75) is 25.7 Å². The predicted octanol–water partition coefficient (Wildman–Crippen LogP) is 4.21. The van der Waals surface area contributed by atoms with Crippen molar-refractivity contribution in [1.82, 2.24) is 35.1 Å². The van der Waals surface area contributed by atoms with Crippen LogP contribution in [0.4, 0.5) is 30.5 Å². The van der Waals surface area contributed by atoms with Gasteiger partial charge in [-0.05, 0) is 47.2 Å². The van der Waals surface area contributed by atoms with Crippen LogP contribution in [0.2, 0.25) is 5.02 Å². The lowest BCUT2D eigenvalue weighted by molar-refractivity contribution is -0.185. The molecule has 1 N–H and O–H groups in total. The van der Waals surface area contributed by atoms with E-state index in [2.05, 4.69) is 30.8 Å². The first-order valence-corrected chi connectivity index (χ1v) is 13.5. The van der Waals surface area contributed by atoms with Crippen LogP contribution in [0.1, 0.15) is 6.92 Å². The van der Waals surface area contributed by atoms with E-state index in [0.29, 0.717) is 34.7 Å². The lowest BCUT2D eigenvalue weighted by atomic mass is 10.1. The molecule has 0 spiro atoms. The first kappa shape index (κ1) is 29.8. The highest BCUT2D eigenvalue weighted by Gasteiger charge is 2.43. The number of hydrogen-bond donors (Lipinski definition) is 1. The number of carbonyl (C=O) groups excluding carboxylic acids is 1. The summed E-state index contributed by atoms with van der Waals surface area (Å²) >= 11 is 6.36. The molecule has 12 nitrogen and oxygen atoms in total. The van der Waals surface area contributed by atoms with Crippen LogP contribution < -0.4 is 19.7 Å². The molecule has 2 aromatic heterocycles. The molecule has 1 aliphatic heterocycles. The van der Waals surface area contributed by atoms with Crippen LogP contribution in [0.15, 0.2) is 55.1 Å². The Morgan fingerprint density at radius 2 is 1.79 bits per heavy atom. The van der Waals surface area contributed by atoms with Crippen molar-refractivity contribution in [3.05, 3.63) is 60.1 Å². The monoisotopic (exact) mass is 617 g/mol. The minimum absolute atomic E-state index is 0.0260. The number of methoxy groups -OCH3 is 1. The van der Waals surface area contributed by atoms with Crippen molar-refractivity contribution < 1.29 is 27.4 Å². The molecule has 0 unspecified atom stereocenters. The second-order valence-electron chi connectivity index (χ2n) is 9.69. The van der Waals surface area contributed by atoms with Gasteiger partial charge in [-0.2, -0.15) is 13.2 Å². The van der Waals surface area contributed by atoms with Gasteiger partial charge in [0.25, 0.3) is 0 Å². The molecule has 1 atom stereocenters. The second-order valence-corrected chi connectivity index (χ2v) is 10.1. The molecule has 16 heteroatoms. The molecular weight excluding hydrogens is 591 g/mol. The molecule has 1 fully saturated rings. The summed E-state index contributed by atoms with van der Waals surface area (Å²) < 4.78 is 51.4. The smallest absolute Gasteiger partial charge is 0.471 e. The molecule has 0 aliphatic carbocycles. The van der Waals surface area contributed by atoms with E-state index in [-0.39, 0.29) is 32.3 Å². The van der Waals surface area contributed by atoms with E-state index >= 15 is 0 Å². The third-order valence-corrected chi connectivity index (χ3v) is 7.00. The fourth-order valence-electron chi connectivity index (χ4n) is 4.54. The fraction of sp³-hybridized carbons (Fsp3) is 0.333. The predicted molar refractivity (Wildman–Crippen MR) is 152 cm³/mol. The molecule has 0 radical (unpaired) electrons. The van der Waals surface area contributed by atoms with E-state index in [1.807, 2.05) is 30.0 Å². The van der Waals surface area contributed by atoms with Crippen LogP contribution in [0.3, 0.4) is 0 Å². The van der Waals surface area contributed by atoms with E-state index in [1.54, 1.807) is 35.3 Å². The van der Waals surface area contributed by atoms with Gasteiger partial charge in [-0.3, -0.25) is 4.79 Å². The van der Waals surface area contributed by atoms with Crippen LogP contribution in [-0.4, -0.2) is 86.6 Å². The number of nitrogens with one attached hydrogen (secondary N) is 1. The second kappa shape index (κ2) is 12.7. The number of anilines is 3. The first-order chi connectivity index (χ1) is 20.6. The molecule has 0 bridgehead atoms. The van der Waals surface area contributed by atoms with Gasteiger partial charge in [0.2, 0.25) is 5.95 Å². The first-order valence-electron chi connectivity index (χ1n) is 13.2. The normalized spacial score (nSPS) is 14.4. The Kier molecular flexibility index (Phi) is 8.80. The Morgan fingerprint density at radius 3 is 2.44 bits per heavy atom. The van der Waals surface area contributed by atoms with Crippen molar-refractivity contribution >= 4 is 34.8 Å². The van der Waals surface area contributed by atoms with Gasteiger partial charge in [0, 0.05) is 55.9 Å². The van der Waals surface area contributed by atoms with E-state index in [1.165, 1.54) is 13.4 Å². The van der Waals surface area contributed by atoms with Gasteiger partial charge >= 0.3 is 12.1 Å². The van der Waals surface area contributed by atoms with E-state index < -0.39 is 12.1 Å². The molecule has 4 aromatic rings. The van der Waals surface area contributed by atoms with Crippen LogP contribution in [0.5, 0.6) is 11.5 Å². The van der Waals surface area contributed by atoms with Gasteiger partial charge in [-0.25, -0.2) is 14.6 Å². The number of halogens is 4. The number of benzene rings is 2. The summed E-state index contributed by atoms with van der Waals surface area (Å²) in [5.41, 5.74) is 2.90. The lowest BCUT2D eigenvalue weighted by Crippen LogP contribution is -2.52. The van der Waals surface area contributed by atoms with Crippen LogP contribution in [0, 0.1) is 0 Å². The third kappa shape index (κ3) is 7.23. The van der Waals surface area contributed by atoms with Gasteiger partial charge in [0.05, 0.1) is 24.4 Å². The Balaban J connectivity index is 1.23. The number of piperazine rings is 1. The number of aromatic nitrogens is 6. The molecule has 226 valence electrons. The zero-order valence-corrected chi connectivity index (χ0v) is 23.9. The maximum absolute atomic E-state index is 12.8. The summed E-state index contributed by atoms with van der Waals surface area (Å²) in [5.74, 6) is -0.490. The number of hydrogen-bond acceptors (Lipinski definition) is 10. The zero-order chi connectivity index (χ0) is 30.6. The molecular formula is C27H27ClF3N9O3. The molecule has 1 saturated heterocycles. The molecule has 5 rings (SSSR count). The third-order valence-electron chi connectivity index (χ3n) is 6.69. The van der Waals surface area contributed by atoms with E-state index in [9.17, 15) is 18.0 Å². The maximum Gasteiger partial charge on any atom is 0.471 e. The zero-order valence-electron chi connectivity index (χ0n) is 23.1. The number of nitrogens with zero attached hydrogens (tertiary/aromatic N) is 8. The highest BCUT2D eigenvalue weighted by atomic mass is 35.5. The number of tetrazole rings is 1. The minimum Gasteiger partial charge on any atom is -0.494 e. The summed E-state index contributed by atoms with van der Waals surface area (Å²) in [5, 5.41) is 14.7. The lowest BCUT2D eigenvalue weighted by Gasteiger charge is -2.36. The summed E-state index contributed by atoms with van der Waals surface area (Å²) in [7, 11) is 1.51. The van der Waals surface area contributed by atoms with Gasteiger partial charge in [0.1, 0.15) is 23.9 Å². The van der Waals surface area contributed by atoms with Crippen LogP contribution >= 0.6 is 11.6 Å². The number of ether oxygens (including phenoxy) is 2. The number of alkyl halides is 3. The number of amides is 1.